The Hall–Kier alpha value is -5.51. The third kappa shape index (κ3) is 7.22. The number of hydrogen-bond donors (Lipinski definition) is 2. The molecule has 0 unspecified atom stereocenters. The fraction of sp³-hybridized carbons (Fsp3) is 0.306. The van der Waals surface area contributed by atoms with Crippen molar-refractivity contribution >= 4 is 39.5 Å². The standard InChI is InChI=1S/C36H39N9O3/c1-5-29-28(22-37)36(40-25-9-10-32(24(3)18-25)48-26-11-13-45-34(19-26)38-23-39-45)27-20-31(33(47-6-2)21-30(27)41-29)42-35(46)8-7-12-44-16-14-43(4)15-17-44/h7-11,13,18-21,23H,5-6,12,14-17H2,1-4H3,(H,40,41)(H,42,46)/b8-7+. The molecule has 6 rings (SSSR count). The van der Waals surface area contributed by atoms with Gasteiger partial charge in [0.2, 0.25) is 5.91 Å². The molecule has 1 saturated heterocycles. The van der Waals surface area contributed by atoms with Crippen molar-refractivity contribution in [1.29, 1.82) is 5.26 Å². The van der Waals surface area contributed by atoms with Gasteiger partial charge in [-0.2, -0.15) is 10.4 Å². The van der Waals surface area contributed by atoms with Crippen molar-refractivity contribution in [3.05, 3.63) is 84.0 Å². The second-order valence-electron chi connectivity index (χ2n) is 11.7. The fourth-order valence-electron chi connectivity index (χ4n) is 5.71. The van der Waals surface area contributed by atoms with Crippen molar-refractivity contribution in [3.63, 3.8) is 0 Å². The number of carbonyl (C=O) groups excluding carboxylic acids is 1. The van der Waals surface area contributed by atoms with Gasteiger partial charge in [-0.1, -0.05) is 13.0 Å². The highest BCUT2D eigenvalue weighted by Gasteiger charge is 2.19. The summed E-state index contributed by atoms with van der Waals surface area (Å²) in [5, 5.41) is 21.6. The highest BCUT2D eigenvalue weighted by molar-refractivity contribution is 6.05. The second-order valence-corrected chi connectivity index (χ2v) is 11.7. The number of piperazine rings is 1. The molecule has 5 aromatic rings. The zero-order chi connectivity index (χ0) is 33.6. The number of nitrogens with zero attached hydrogens (tertiary/aromatic N) is 7. The quantitative estimate of drug-likeness (QED) is 0.173. The molecule has 1 amide bonds. The number of rotatable bonds is 11. The molecule has 3 aromatic heterocycles. The Labute approximate surface area is 279 Å². The number of hydrogen-bond acceptors (Lipinski definition) is 10. The molecular formula is C36H39N9O3. The predicted octanol–water partition coefficient (Wildman–Crippen LogP) is 5.70. The van der Waals surface area contributed by atoms with Crippen LogP contribution in [0.2, 0.25) is 0 Å². The van der Waals surface area contributed by atoms with E-state index in [2.05, 4.69) is 43.6 Å². The Kier molecular flexibility index (Phi) is 9.80. The van der Waals surface area contributed by atoms with E-state index >= 15 is 0 Å². The van der Waals surface area contributed by atoms with E-state index < -0.39 is 0 Å². The van der Waals surface area contributed by atoms with Crippen LogP contribution >= 0.6 is 0 Å². The molecule has 12 heteroatoms. The van der Waals surface area contributed by atoms with Crippen LogP contribution in [-0.4, -0.2) is 81.7 Å². The molecule has 1 fully saturated rings. The zero-order valence-corrected chi connectivity index (χ0v) is 27.7. The van der Waals surface area contributed by atoms with Gasteiger partial charge in [-0.25, -0.2) is 9.50 Å². The molecule has 12 nitrogen and oxygen atoms in total. The molecule has 0 radical (unpaired) electrons. The number of fused-ring (bicyclic) bond motifs is 2. The normalized spacial score (nSPS) is 14.0. The van der Waals surface area contributed by atoms with E-state index in [0.717, 1.165) is 37.4 Å². The lowest BCUT2D eigenvalue weighted by Gasteiger charge is -2.31. The van der Waals surface area contributed by atoms with Gasteiger partial charge in [0.05, 0.1) is 34.8 Å². The molecule has 48 heavy (non-hydrogen) atoms. The van der Waals surface area contributed by atoms with Crippen LogP contribution in [0.5, 0.6) is 17.2 Å². The lowest BCUT2D eigenvalue weighted by atomic mass is 10.0. The third-order valence-electron chi connectivity index (χ3n) is 8.32. The van der Waals surface area contributed by atoms with E-state index in [9.17, 15) is 10.1 Å². The van der Waals surface area contributed by atoms with Gasteiger partial charge in [0.25, 0.3) is 0 Å². The second kappa shape index (κ2) is 14.5. The first-order chi connectivity index (χ1) is 23.3. The minimum Gasteiger partial charge on any atom is -0.492 e. The maximum Gasteiger partial charge on any atom is 0.248 e. The first-order valence-corrected chi connectivity index (χ1v) is 16.1. The Balaban J connectivity index is 1.29. The lowest BCUT2D eigenvalue weighted by molar-refractivity contribution is -0.111. The molecule has 0 aliphatic carbocycles. The van der Waals surface area contributed by atoms with Crippen molar-refractivity contribution in [2.24, 2.45) is 0 Å². The van der Waals surface area contributed by atoms with Crippen LogP contribution in [0.25, 0.3) is 16.6 Å². The first kappa shape index (κ1) is 32.4. The van der Waals surface area contributed by atoms with Gasteiger partial charge in [0.1, 0.15) is 29.6 Å². The van der Waals surface area contributed by atoms with Crippen LogP contribution in [0.3, 0.4) is 0 Å². The van der Waals surface area contributed by atoms with Crippen molar-refractivity contribution in [2.75, 3.05) is 57.0 Å². The SMILES string of the molecule is CCOc1cc2nc(CC)c(C#N)c(Nc3ccc(Oc4ccn5ncnc5c4)c(C)c3)c2cc1NC(=O)/C=C/CN1CCN(C)CC1. The van der Waals surface area contributed by atoms with Crippen LogP contribution in [0.1, 0.15) is 30.7 Å². The monoisotopic (exact) mass is 645 g/mol. The number of benzene rings is 2. The van der Waals surface area contributed by atoms with Crippen molar-refractivity contribution in [3.8, 4) is 23.3 Å². The number of pyridine rings is 2. The molecule has 4 heterocycles. The number of amides is 1. The number of aryl methyl sites for hydroxylation is 2. The van der Waals surface area contributed by atoms with Crippen LogP contribution in [0, 0.1) is 18.3 Å². The zero-order valence-electron chi connectivity index (χ0n) is 27.7. The van der Waals surface area contributed by atoms with Gasteiger partial charge in [0, 0.05) is 68.2 Å². The number of aromatic nitrogens is 4. The highest BCUT2D eigenvalue weighted by atomic mass is 16.5. The van der Waals surface area contributed by atoms with Gasteiger partial charge in [-0.15, -0.1) is 0 Å². The number of likely N-dealkylation sites (N-methyl/N-ethyl adjacent to an activating group) is 1. The van der Waals surface area contributed by atoms with E-state index in [4.69, 9.17) is 14.5 Å². The molecule has 0 bridgehead atoms. The maximum atomic E-state index is 13.1. The summed E-state index contributed by atoms with van der Waals surface area (Å²) >= 11 is 0. The van der Waals surface area contributed by atoms with Crippen molar-refractivity contribution in [2.45, 2.75) is 27.2 Å². The fourth-order valence-corrected chi connectivity index (χ4v) is 5.71. The largest absolute Gasteiger partial charge is 0.492 e. The van der Waals surface area contributed by atoms with Gasteiger partial charge >= 0.3 is 0 Å². The van der Waals surface area contributed by atoms with Crippen LogP contribution < -0.4 is 20.1 Å². The van der Waals surface area contributed by atoms with E-state index in [-0.39, 0.29) is 5.91 Å². The third-order valence-corrected chi connectivity index (χ3v) is 8.32. The average molecular weight is 646 g/mol. The summed E-state index contributed by atoms with van der Waals surface area (Å²) < 4.78 is 13.8. The summed E-state index contributed by atoms with van der Waals surface area (Å²) in [4.78, 5) is 26.7. The molecule has 246 valence electrons. The Morgan fingerprint density at radius 3 is 2.67 bits per heavy atom. The lowest BCUT2D eigenvalue weighted by Crippen LogP contribution is -2.44. The van der Waals surface area contributed by atoms with E-state index in [0.29, 0.717) is 76.0 Å². The number of nitriles is 1. The summed E-state index contributed by atoms with van der Waals surface area (Å²) in [5.41, 5.74) is 5.22. The number of anilines is 3. The van der Waals surface area contributed by atoms with Gasteiger partial charge < -0.3 is 25.0 Å². The summed E-state index contributed by atoms with van der Waals surface area (Å²) in [6.07, 6.45) is 7.31. The summed E-state index contributed by atoms with van der Waals surface area (Å²) in [6.45, 7) is 10.9. The molecule has 2 aromatic carbocycles. The number of ether oxygens (including phenoxy) is 2. The Morgan fingerprint density at radius 1 is 1.08 bits per heavy atom. The molecular weight excluding hydrogens is 606 g/mol. The predicted molar refractivity (Wildman–Crippen MR) is 186 cm³/mol. The minimum atomic E-state index is -0.257. The summed E-state index contributed by atoms with van der Waals surface area (Å²) in [7, 11) is 2.12. The topological polar surface area (TPSA) is 133 Å². The van der Waals surface area contributed by atoms with Crippen LogP contribution in [0.4, 0.5) is 17.1 Å². The Bertz CT molecular complexity index is 2020. The summed E-state index contributed by atoms with van der Waals surface area (Å²) in [5.74, 6) is 1.59. The Morgan fingerprint density at radius 2 is 1.92 bits per heavy atom. The van der Waals surface area contributed by atoms with Gasteiger partial charge in [0.15, 0.2) is 5.65 Å². The molecule has 0 spiro atoms. The van der Waals surface area contributed by atoms with E-state index in [1.54, 1.807) is 16.8 Å². The number of carbonyl (C=O) groups is 1. The van der Waals surface area contributed by atoms with Gasteiger partial charge in [-0.3, -0.25) is 14.7 Å². The smallest absolute Gasteiger partial charge is 0.248 e. The maximum absolute atomic E-state index is 13.1. The first-order valence-electron chi connectivity index (χ1n) is 16.1. The summed E-state index contributed by atoms with van der Waals surface area (Å²) in [6, 6.07) is 15.4. The molecule has 1 aliphatic rings. The van der Waals surface area contributed by atoms with Crippen molar-refractivity contribution in [1.82, 2.24) is 29.4 Å². The molecule has 0 saturated carbocycles. The van der Waals surface area contributed by atoms with Crippen LogP contribution in [-0.2, 0) is 11.2 Å². The molecule has 0 atom stereocenters. The number of nitrogens with one attached hydrogen (secondary N) is 2. The van der Waals surface area contributed by atoms with Crippen molar-refractivity contribution < 1.29 is 14.3 Å². The highest BCUT2D eigenvalue weighted by Crippen LogP contribution is 2.38. The van der Waals surface area contributed by atoms with Gasteiger partial charge in [-0.05, 0) is 63.2 Å². The van der Waals surface area contributed by atoms with E-state index in [1.807, 2.05) is 69.3 Å². The minimum absolute atomic E-state index is 0.257. The van der Waals surface area contributed by atoms with Crippen LogP contribution in [0.15, 0.2) is 67.1 Å². The molecule has 1 aliphatic heterocycles. The molecule has 2 N–H and O–H groups in total. The van der Waals surface area contributed by atoms with E-state index in [1.165, 1.54) is 6.33 Å². The average Bonchev–Trinajstić information content (AvgIpc) is 3.55.